The molecule has 5 heteroatoms. The third-order valence-corrected chi connectivity index (χ3v) is 3.79. The monoisotopic (exact) mass is 360 g/mol. The third kappa shape index (κ3) is 5.25. The smallest absolute Gasteiger partial charge is 0.153 e. The molecule has 5 nitrogen and oxygen atoms in total. The van der Waals surface area contributed by atoms with E-state index in [4.69, 9.17) is 9.47 Å². The normalized spacial score (nSPS) is 10.7. The minimum atomic E-state index is 0.398. The van der Waals surface area contributed by atoms with Crippen molar-refractivity contribution in [2.45, 2.75) is 13.5 Å². The van der Waals surface area contributed by atoms with Gasteiger partial charge in [0.1, 0.15) is 18.1 Å². The molecule has 0 saturated carbocycles. The Morgan fingerprint density at radius 1 is 0.852 bits per heavy atom. The molecule has 3 aromatic carbocycles. The second-order valence-electron chi connectivity index (χ2n) is 5.74. The second-order valence-corrected chi connectivity index (χ2v) is 5.74. The average Bonchev–Trinajstić information content (AvgIpc) is 2.73. The van der Waals surface area contributed by atoms with Gasteiger partial charge in [-0.2, -0.15) is 10.2 Å². The Balaban J connectivity index is 1.68. The topological polar surface area (TPSA) is 60.3 Å². The fraction of sp³-hybridized carbons (Fsp3) is 0.136. The molecule has 0 atom stereocenters. The maximum atomic E-state index is 11.4. The molecule has 0 N–H and O–H groups in total. The largest absolute Gasteiger partial charge is 0.494 e. The van der Waals surface area contributed by atoms with Gasteiger partial charge in [-0.25, -0.2) is 0 Å². The first-order chi connectivity index (χ1) is 13.3. The SMILES string of the molecule is CCOc1ccc(N=Nc2ccc(OCc3ccccc3)c(C=O)c2)cc1. The number of carbonyl (C=O) groups excluding carboxylic acids is 1. The molecule has 0 aliphatic rings. The summed E-state index contributed by atoms with van der Waals surface area (Å²) in [6, 6.07) is 22.3. The molecule has 0 bridgehead atoms. The summed E-state index contributed by atoms with van der Waals surface area (Å²) in [4.78, 5) is 11.4. The molecular formula is C22H20N2O3. The van der Waals surface area contributed by atoms with Gasteiger partial charge in [-0.3, -0.25) is 4.79 Å². The number of rotatable bonds is 8. The van der Waals surface area contributed by atoms with Crippen molar-refractivity contribution in [1.82, 2.24) is 0 Å². The number of azo groups is 1. The lowest BCUT2D eigenvalue weighted by Crippen LogP contribution is -1.97. The van der Waals surface area contributed by atoms with Gasteiger partial charge in [-0.05, 0) is 55.0 Å². The number of aldehydes is 1. The summed E-state index contributed by atoms with van der Waals surface area (Å²) in [6.07, 6.45) is 0.760. The Morgan fingerprint density at radius 3 is 2.26 bits per heavy atom. The van der Waals surface area contributed by atoms with Gasteiger partial charge in [-0.15, -0.1) is 0 Å². The van der Waals surface area contributed by atoms with E-state index in [0.29, 0.717) is 35.9 Å². The zero-order valence-electron chi connectivity index (χ0n) is 15.0. The van der Waals surface area contributed by atoms with E-state index in [-0.39, 0.29) is 0 Å². The number of hydrogen-bond donors (Lipinski definition) is 0. The molecule has 0 unspecified atom stereocenters. The van der Waals surface area contributed by atoms with Gasteiger partial charge in [0.15, 0.2) is 6.29 Å². The highest BCUT2D eigenvalue weighted by Gasteiger charge is 2.05. The van der Waals surface area contributed by atoms with Crippen molar-refractivity contribution in [3.8, 4) is 11.5 Å². The third-order valence-electron chi connectivity index (χ3n) is 3.79. The molecule has 0 aromatic heterocycles. The zero-order valence-corrected chi connectivity index (χ0v) is 15.0. The van der Waals surface area contributed by atoms with E-state index < -0.39 is 0 Å². The Kier molecular flexibility index (Phi) is 6.30. The minimum Gasteiger partial charge on any atom is -0.494 e. The van der Waals surface area contributed by atoms with Gasteiger partial charge < -0.3 is 9.47 Å². The van der Waals surface area contributed by atoms with E-state index in [0.717, 1.165) is 17.6 Å². The first kappa shape index (κ1) is 18.3. The van der Waals surface area contributed by atoms with Crippen LogP contribution in [-0.4, -0.2) is 12.9 Å². The van der Waals surface area contributed by atoms with Crippen molar-refractivity contribution < 1.29 is 14.3 Å². The van der Waals surface area contributed by atoms with Crippen LogP contribution in [0.15, 0.2) is 83.0 Å². The van der Waals surface area contributed by atoms with Crippen LogP contribution in [0.3, 0.4) is 0 Å². The van der Waals surface area contributed by atoms with Gasteiger partial charge >= 0.3 is 0 Å². The summed E-state index contributed by atoms with van der Waals surface area (Å²) in [6.45, 7) is 2.95. The lowest BCUT2D eigenvalue weighted by atomic mass is 10.2. The van der Waals surface area contributed by atoms with E-state index in [9.17, 15) is 4.79 Å². The number of benzene rings is 3. The van der Waals surface area contributed by atoms with Crippen molar-refractivity contribution in [2.75, 3.05) is 6.61 Å². The summed E-state index contributed by atoms with van der Waals surface area (Å²) in [5.74, 6) is 1.31. The maximum Gasteiger partial charge on any atom is 0.153 e. The number of ether oxygens (including phenoxy) is 2. The summed E-state index contributed by atoms with van der Waals surface area (Å²) in [5, 5.41) is 8.38. The van der Waals surface area contributed by atoms with Crippen LogP contribution < -0.4 is 9.47 Å². The minimum absolute atomic E-state index is 0.398. The Labute approximate surface area is 158 Å². The molecule has 0 amide bonds. The Morgan fingerprint density at radius 2 is 1.56 bits per heavy atom. The van der Waals surface area contributed by atoms with Crippen molar-refractivity contribution in [3.05, 3.63) is 83.9 Å². The van der Waals surface area contributed by atoms with Crippen LogP contribution >= 0.6 is 0 Å². The molecule has 0 aliphatic carbocycles. The van der Waals surface area contributed by atoms with Crippen molar-refractivity contribution in [3.63, 3.8) is 0 Å². The first-order valence-corrected chi connectivity index (χ1v) is 8.69. The Bertz CT molecular complexity index is 907. The van der Waals surface area contributed by atoms with Gasteiger partial charge in [0, 0.05) is 0 Å². The quantitative estimate of drug-likeness (QED) is 0.371. The zero-order chi connectivity index (χ0) is 18.9. The summed E-state index contributed by atoms with van der Waals surface area (Å²) >= 11 is 0. The van der Waals surface area contributed by atoms with Crippen LogP contribution in [-0.2, 0) is 6.61 Å². The van der Waals surface area contributed by atoms with Crippen LogP contribution in [0.25, 0.3) is 0 Å². The van der Waals surface area contributed by atoms with Crippen LogP contribution in [0, 0.1) is 0 Å². The van der Waals surface area contributed by atoms with Crippen LogP contribution in [0.4, 0.5) is 11.4 Å². The van der Waals surface area contributed by atoms with Crippen molar-refractivity contribution in [2.24, 2.45) is 10.2 Å². The van der Waals surface area contributed by atoms with E-state index >= 15 is 0 Å². The second kappa shape index (κ2) is 9.29. The maximum absolute atomic E-state index is 11.4. The highest BCUT2D eigenvalue weighted by atomic mass is 16.5. The lowest BCUT2D eigenvalue weighted by molar-refractivity contribution is 0.111. The molecule has 0 saturated heterocycles. The molecule has 0 spiro atoms. The first-order valence-electron chi connectivity index (χ1n) is 8.69. The molecular weight excluding hydrogens is 340 g/mol. The standard InChI is InChI=1S/C22H20N2O3/c1-2-26-21-11-8-19(9-12-21)23-24-20-10-13-22(18(14-20)15-25)27-16-17-6-4-3-5-7-17/h3-15H,2,16H2,1H3. The molecule has 136 valence electrons. The van der Waals surface area contributed by atoms with Crippen LogP contribution in [0.2, 0.25) is 0 Å². The van der Waals surface area contributed by atoms with Crippen LogP contribution in [0.5, 0.6) is 11.5 Å². The molecule has 3 aromatic rings. The number of nitrogens with zero attached hydrogens (tertiary/aromatic N) is 2. The average molecular weight is 360 g/mol. The molecule has 0 heterocycles. The van der Waals surface area contributed by atoms with E-state index in [2.05, 4.69) is 10.2 Å². The summed E-state index contributed by atoms with van der Waals surface area (Å²) in [5.41, 5.74) is 2.76. The van der Waals surface area contributed by atoms with E-state index in [1.807, 2.05) is 61.5 Å². The summed E-state index contributed by atoms with van der Waals surface area (Å²) < 4.78 is 11.1. The summed E-state index contributed by atoms with van der Waals surface area (Å²) in [7, 11) is 0. The van der Waals surface area contributed by atoms with E-state index in [1.54, 1.807) is 18.2 Å². The molecule has 27 heavy (non-hydrogen) atoms. The van der Waals surface area contributed by atoms with Crippen LogP contribution in [0.1, 0.15) is 22.8 Å². The lowest BCUT2D eigenvalue weighted by Gasteiger charge is -2.08. The predicted octanol–water partition coefficient (Wildman–Crippen LogP) is 5.89. The van der Waals surface area contributed by atoms with Gasteiger partial charge in [0.2, 0.25) is 0 Å². The highest BCUT2D eigenvalue weighted by Crippen LogP contribution is 2.26. The van der Waals surface area contributed by atoms with Crippen molar-refractivity contribution >= 4 is 17.7 Å². The predicted molar refractivity (Wildman–Crippen MR) is 104 cm³/mol. The molecule has 3 rings (SSSR count). The molecule has 0 radical (unpaired) electrons. The fourth-order valence-corrected chi connectivity index (χ4v) is 2.45. The van der Waals surface area contributed by atoms with Gasteiger partial charge in [0.05, 0.1) is 23.5 Å². The molecule has 0 fully saturated rings. The van der Waals surface area contributed by atoms with Gasteiger partial charge in [-0.1, -0.05) is 30.3 Å². The van der Waals surface area contributed by atoms with E-state index in [1.165, 1.54) is 0 Å². The Hall–Kier alpha value is -3.47. The van der Waals surface area contributed by atoms with Crippen molar-refractivity contribution in [1.29, 1.82) is 0 Å². The number of carbonyl (C=O) groups is 1. The highest BCUT2D eigenvalue weighted by molar-refractivity contribution is 5.81. The molecule has 0 aliphatic heterocycles. The van der Waals surface area contributed by atoms with Gasteiger partial charge in [0.25, 0.3) is 0 Å². The fourth-order valence-electron chi connectivity index (χ4n) is 2.45. The number of hydrogen-bond acceptors (Lipinski definition) is 5.